The number of ether oxygens (including phenoxy) is 1. The van der Waals surface area contributed by atoms with Gasteiger partial charge in [-0.25, -0.2) is 0 Å². The van der Waals surface area contributed by atoms with Gasteiger partial charge in [-0.05, 0) is 23.6 Å². The third-order valence-corrected chi connectivity index (χ3v) is 3.75. The van der Waals surface area contributed by atoms with Gasteiger partial charge in [0.25, 0.3) is 0 Å². The number of aryl methyl sites for hydroxylation is 1. The summed E-state index contributed by atoms with van der Waals surface area (Å²) in [7, 11) is 3.70. The number of nitrogens with one attached hydrogen (secondary N) is 2. The van der Waals surface area contributed by atoms with Gasteiger partial charge in [0.15, 0.2) is 5.96 Å². The molecule has 0 amide bonds. The first-order valence-electron chi connectivity index (χ1n) is 8.30. The number of aromatic nitrogens is 2. The van der Waals surface area contributed by atoms with Gasteiger partial charge >= 0.3 is 0 Å². The first-order chi connectivity index (χ1) is 11.7. The zero-order chi connectivity index (χ0) is 17.2. The molecule has 0 aliphatic heterocycles. The molecule has 0 saturated heterocycles. The van der Waals surface area contributed by atoms with Crippen molar-refractivity contribution >= 4 is 29.9 Å². The molecule has 0 saturated carbocycles. The van der Waals surface area contributed by atoms with Crippen LogP contribution in [0.4, 0.5) is 0 Å². The molecular formula is C18H28IN5O. The third-order valence-electron chi connectivity index (χ3n) is 3.75. The van der Waals surface area contributed by atoms with Crippen LogP contribution >= 0.6 is 24.0 Å². The largest absolute Gasteiger partial charge is 0.377 e. The number of halogens is 1. The van der Waals surface area contributed by atoms with E-state index >= 15 is 0 Å². The van der Waals surface area contributed by atoms with Gasteiger partial charge in [0.2, 0.25) is 0 Å². The molecular weight excluding hydrogens is 429 g/mol. The summed E-state index contributed by atoms with van der Waals surface area (Å²) in [5.41, 5.74) is 3.53. The molecule has 6 nitrogen and oxygen atoms in total. The summed E-state index contributed by atoms with van der Waals surface area (Å²) in [6.07, 6.45) is 2.82. The van der Waals surface area contributed by atoms with Crippen LogP contribution in [0, 0.1) is 0 Å². The quantitative estimate of drug-likeness (QED) is 0.277. The van der Waals surface area contributed by atoms with E-state index in [0.717, 1.165) is 24.7 Å². The second-order valence-corrected chi connectivity index (χ2v) is 5.55. The van der Waals surface area contributed by atoms with Crippen LogP contribution in [0.1, 0.15) is 30.2 Å². The Morgan fingerprint density at radius 1 is 1.16 bits per heavy atom. The Hall–Kier alpha value is -1.61. The lowest BCUT2D eigenvalue weighted by Gasteiger charge is -2.14. The molecule has 1 heterocycles. The minimum atomic E-state index is 0. The van der Waals surface area contributed by atoms with Crippen molar-refractivity contribution in [3.8, 4) is 0 Å². The van der Waals surface area contributed by atoms with Crippen LogP contribution in [-0.2, 0) is 31.5 Å². The first kappa shape index (κ1) is 21.4. The van der Waals surface area contributed by atoms with Gasteiger partial charge in [-0.1, -0.05) is 31.2 Å². The topological polar surface area (TPSA) is 63.5 Å². The molecule has 2 aromatic rings. The van der Waals surface area contributed by atoms with Crippen molar-refractivity contribution in [1.29, 1.82) is 0 Å². The number of nitrogens with zero attached hydrogens (tertiary/aromatic N) is 3. The molecule has 0 atom stereocenters. The molecule has 0 fully saturated rings. The van der Waals surface area contributed by atoms with Crippen molar-refractivity contribution in [3.63, 3.8) is 0 Å². The van der Waals surface area contributed by atoms with Crippen LogP contribution in [0.15, 0.2) is 41.5 Å². The number of hydrogen-bond acceptors (Lipinski definition) is 3. The molecule has 0 radical (unpaired) electrons. The molecule has 25 heavy (non-hydrogen) atoms. The lowest BCUT2D eigenvalue weighted by atomic mass is 10.1. The fourth-order valence-electron chi connectivity index (χ4n) is 2.35. The van der Waals surface area contributed by atoms with E-state index in [-0.39, 0.29) is 24.0 Å². The van der Waals surface area contributed by atoms with Gasteiger partial charge in [-0.3, -0.25) is 9.67 Å². The Labute approximate surface area is 167 Å². The van der Waals surface area contributed by atoms with Crippen LogP contribution in [0.2, 0.25) is 0 Å². The van der Waals surface area contributed by atoms with Crippen molar-refractivity contribution in [2.45, 2.75) is 33.0 Å². The molecule has 0 aliphatic carbocycles. The second kappa shape index (κ2) is 11.9. The summed E-state index contributed by atoms with van der Waals surface area (Å²) >= 11 is 0. The average molecular weight is 457 g/mol. The van der Waals surface area contributed by atoms with Crippen molar-refractivity contribution in [2.75, 3.05) is 13.7 Å². The van der Waals surface area contributed by atoms with Crippen molar-refractivity contribution < 1.29 is 4.74 Å². The van der Waals surface area contributed by atoms with Gasteiger partial charge in [-0.2, -0.15) is 5.10 Å². The SMILES string of the molecule is CCCOCc1ccccc1CNC(=NC)NCc1ccnn1C.I. The van der Waals surface area contributed by atoms with E-state index in [1.807, 2.05) is 29.9 Å². The molecule has 0 aliphatic rings. The monoisotopic (exact) mass is 457 g/mol. The molecule has 2 N–H and O–H groups in total. The lowest BCUT2D eigenvalue weighted by molar-refractivity contribution is 0.121. The average Bonchev–Trinajstić information content (AvgIpc) is 3.01. The standard InChI is InChI=1S/C18H27N5O.HI/c1-4-11-24-14-16-8-6-5-7-15(16)12-20-18(19-2)21-13-17-9-10-22-23(17)3;/h5-10H,4,11-14H2,1-3H3,(H2,19,20,21);1H. The summed E-state index contributed by atoms with van der Waals surface area (Å²) in [5.74, 6) is 0.764. The normalized spacial score (nSPS) is 11.1. The molecule has 1 aromatic carbocycles. The Morgan fingerprint density at radius 2 is 1.88 bits per heavy atom. The maximum atomic E-state index is 5.67. The number of guanidine groups is 1. The fourth-order valence-corrected chi connectivity index (χ4v) is 2.35. The first-order valence-corrected chi connectivity index (χ1v) is 8.30. The lowest BCUT2D eigenvalue weighted by Crippen LogP contribution is -2.37. The Morgan fingerprint density at radius 3 is 2.52 bits per heavy atom. The number of benzene rings is 1. The molecule has 1 aromatic heterocycles. The minimum absolute atomic E-state index is 0. The summed E-state index contributed by atoms with van der Waals surface area (Å²) in [6.45, 7) is 4.93. The van der Waals surface area contributed by atoms with E-state index in [0.29, 0.717) is 19.7 Å². The highest BCUT2D eigenvalue weighted by atomic mass is 127. The predicted molar refractivity (Wildman–Crippen MR) is 112 cm³/mol. The maximum Gasteiger partial charge on any atom is 0.191 e. The van der Waals surface area contributed by atoms with Gasteiger partial charge in [0.05, 0.1) is 18.8 Å². The molecule has 0 unspecified atom stereocenters. The van der Waals surface area contributed by atoms with E-state index in [1.165, 1.54) is 11.1 Å². The summed E-state index contributed by atoms with van der Waals surface area (Å²) in [4.78, 5) is 4.27. The van der Waals surface area contributed by atoms with E-state index in [9.17, 15) is 0 Å². The highest BCUT2D eigenvalue weighted by Gasteiger charge is 2.05. The van der Waals surface area contributed by atoms with Gasteiger partial charge in [0.1, 0.15) is 0 Å². The molecule has 0 spiro atoms. The fraction of sp³-hybridized carbons (Fsp3) is 0.444. The van der Waals surface area contributed by atoms with Crippen LogP contribution in [-0.4, -0.2) is 29.4 Å². The summed E-state index contributed by atoms with van der Waals surface area (Å²) in [5, 5.41) is 10.8. The Balaban J connectivity index is 0.00000312. The van der Waals surface area contributed by atoms with Crippen LogP contribution in [0.3, 0.4) is 0 Å². The zero-order valence-corrected chi connectivity index (χ0v) is 17.5. The van der Waals surface area contributed by atoms with Gasteiger partial charge in [0, 0.05) is 33.4 Å². The van der Waals surface area contributed by atoms with Gasteiger partial charge in [-0.15, -0.1) is 24.0 Å². The molecule has 0 bridgehead atoms. The van der Waals surface area contributed by atoms with E-state index in [1.54, 1.807) is 13.2 Å². The highest BCUT2D eigenvalue weighted by molar-refractivity contribution is 14.0. The van der Waals surface area contributed by atoms with E-state index in [4.69, 9.17) is 4.74 Å². The highest BCUT2D eigenvalue weighted by Crippen LogP contribution is 2.10. The van der Waals surface area contributed by atoms with Crippen LogP contribution in [0.25, 0.3) is 0 Å². The zero-order valence-electron chi connectivity index (χ0n) is 15.2. The molecule has 7 heteroatoms. The smallest absolute Gasteiger partial charge is 0.191 e. The van der Waals surface area contributed by atoms with Crippen molar-refractivity contribution in [2.24, 2.45) is 12.0 Å². The number of hydrogen-bond donors (Lipinski definition) is 2. The van der Waals surface area contributed by atoms with Crippen LogP contribution in [0.5, 0.6) is 0 Å². The summed E-state index contributed by atoms with van der Waals surface area (Å²) < 4.78 is 7.52. The van der Waals surface area contributed by atoms with E-state index in [2.05, 4.69) is 39.8 Å². The Kier molecular flexibility index (Phi) is 10.2. The third kappa shape index (κ3) is 7.03. The number of rotatable bonds is 8. The van der Waals surface area contributed by atoms with Crippen LogP contribution < -0.4 is 10.6 Å². The molecule has 2 rings (SSSR count). The predicted octanol–water partition coefficient (Wildman–Crippen LogP) is 2.83. The Bertz CT molecular complexity index is 656. The summed E-state index contributed by atoms with van der Waals surface area (Å²) in [6, 6.07) is 10.3. The van der Waals surface area contributed by atoms with E-state index < -0.39 is 0 Å². The maximum absolute atomic E-state index is 5.67. The van der Waals surface area contributed by atoms with Gasteiger partial charge < -0.3 is 15.4 Å². The molecule has 138 valence electrons. The minimum Gasteiger partial charge on any atom is -0.377 e. The second-order valence-electron chi connectivity index (χ2n) is 5.55. The van der Waals surface area contributed by atoms with Crippen molar-refractivity contribution in [1.82, 2.24) is 20.4 Å². The van der Waals surface area contributed by atoms with Crippen molar-refractivity contribution in [3.05, 3.63) is 53.3 Å². The number of aliphatic imine (C=N–C) groups is 1.